The van der Waals surface area contributed by atoms with E-state index in [0.29, 0.717) is 12.1 Å². The fraction of sp³-hybridized carbons (Fsp3) is 0.556. The number of rotatable bonds is 4. The molecule has 1 aliphatic heterocycles. The van der Waals surface area contributed by atoms with E-state index < -0.39 is 5.97 Å². The molecule has 0 aromatic heterocycles. The molecule has 5 heteroatoms. The number of carbonyl (C=O) groups is 2. The van der Waals surface area contributed by atoms with E-state index in [1.165, 1.54) is 0 Å². The van der Waals surface area contributed by atoms with Crippen LogP contribution in [0.1, 0.15) is 49.5 Å². The minimum Gasteiger partial charge on any atom is -0.478 e. The minimum atomic E-state index is -0.902. The predicted molar refractivity (Wildman–Crippen MR) is 89.3 cm³/mol. The van der Waals surface area contributed by atoms with Crippen LogP contribution in [0.4, 0.5) is 0 Å². The summed E-state index contributed by atoms with van der Waals surface area (Å²) < 4.78 is 0. The first-order valence-corrected chi connectivity index (χ1v) is 8.11. The third kappa shape index (κ3) is 5.06. The molecule has 0 bridgehead atoms. The van der Waals surface area contributed by atoms with E-state index in [2.05, 4.69) is 10.2 Å². The summed E-state index contributed by atoms with van der Waals surface area (Å²) >= 11 is 0. The monoisotopic (exact) mass is 318 g/mol. The Morgan fingerprint density at radius 2 is 2.09 bits per heavy atom. The number of carboxylic acid groups (broad SMARTS) is 1. The molecule has 5 nitrogen and oxygen atoms in total. The van der Waals surface area contributed by atoms with Crippen LogP contribution in [-0.4, -0.2) is 41.0 Å². The van der Waals surface area contributed by atoms with Gasteiger partial charge in [-0.05, 0) is 37.1 Å². The van der Waals surface area contributed by atoms with Gasteiger partial charge in [-0.1, -0.05) is 32.9 Å². The Kier molecular flexibility index (Phi) is 5.42. The Labute approximate surface area is 137 Å². The summed E-state index contributed by atoms with van der Waals surface area (Å²) in [6.45, 7) is 8.24. The van der Waals surface area contributed by atoms with Gasteiger partial charge in [-0.2, -0.15) is 0 Å². The van der Waals surface area contributed by atoms with Crippen molar-refractivity contribution in [1.82, 2.24) is 10.2 Å². The molecule has 0 aliphatic carbocycles. The van der Waals surface area contributed by atoms with Crippen LogP contribution in [0.2, 0.25) is 0 Å². The number of benzene rings is 1. The number of hydrogen-bond acceptors (Lipinski definition) is 3. The number of aromatic carboxylic acids is 1. The number of nitrogens with one attached hydrogen (secondary N) is 1. The molecule has 2 N–H and O–H groups in total. The SMILES string of the molecule is CC(C)(C)C(=O)NC1CCCN(Cc2cccc(C(=O)O)c2)C1. The predicted octanol–water partition coefficient (Wildman–Crippen LogP) is 2.51. The average Bonchev–Trinajstić information content (AvgIpc) is 2.47. The van der Waals surface area contributed by atoms with Gasteiger partial charge in [0.05, 0.1) is 5.56 Å². The number of likely N-dealkylation sites (tertiary alicyclic amines) is 1. The van der Waals surface area contributed by atoms with Gasteiger partial charge in [0.15, 0.2) is 0 Å². The van der Waals surface area contributed by atoms with Gasteiger partial charge in [-0.25, -0.2) is 4.79 Å². The van der Waals surface area contributed by atoms with Crippen molar-refractivity contribution in [3.05, 3.63) is 35.4 Å². The van der Waals surface area contributed by atoms with Crippen molar-refractivity contribution in [3.8, 4) is 0 Å². The number of nitrogens with zero attached hydrogens (tertiary/aromatic N) is 1. The summed E-state index contributed by atoms with van der Waals surface area (Å²) in [5.41, 5.74) is 0.933. The van der Waals surface area contributed by atoms with Gasteiger partial charge in [-0.3, -0.25) is 9.69 Å². The maximum atomic E-state index is 12.1. The summed E-state index contributed by atoms with van der Waals surface area (Å²) in [5.74, 6) is -0.821. The second kappa shape index (κ2) is 7.13. The molecule has 2 rings (SSSR count). The third-order valence-electron chi connectivity index (χ3n) is 4.10. The van der Waals surface area contributed by atoms with E-state index in [4.69, 9.17) is 5.11 Å². The van der Waals surface area contributed by atoms with Crippen molar-refractivity contribution < 1.29 is 14.7 Å². The first kappa shape index (κ1) is 17.5. The first-order valence-electron chi connectivity index (χ1n) is 8.11. The van der Waals surface area contributed by atoms with Crippen LogP contribution in [0.5, 0.6) is 0 Å². The molecule has 1 aromatic rings. The number of hydrogen-bond donors (Lipinski definition) is 2. The summed E-state index contributed by atoms with van der Waals surface area (Å²) in [5, 5.41) is 12.2. The van der Waals surface area contributed by atoms with Gasteiger partial charge < -0.3 is 10.4 Å². The van der Waals surface area contributed by atoms with Crippen molar-refractivity contribution in [2.75, 3.05) is 13.1 Å². The molecule has 1 heterocycles. The second-order valence-corrected chi connectivity index (χ2v) is 7.30. The lowest BCUT2D eigenvalue weighted by Crippen LogP contribution is -2.50. The van der Waals surface area contributed by atoms with Gasteiger partial charge in [0, 0.05) is 24.5 Å². The molecule has 1 atom stereocenters. The maximum absolute atomic E-state index is 12.1. The van der Waals surface area contributed by atoms with Crippen LogP contribution in [-0.2, 0) is 11.3 Å². The molecule has 23 heavy (non-hydrogen) atoms. The molecule has 1 fully saturated rings. The van der Waals surface area contributed by atoms with Crippen LogP contribution in [0.15, 0.2) is 24.3 Å². The molecule has 1 aliphatic rings. The fourth-order valence-corrected chi connectivity index (χ4v) is 2.78. The number of piperidine rings is 1. The highest BCUT2D eigenvalue weighted by Crippen LogP contribution is 2.18. The third-order valence-corrected chi connectivity index (χ3v) is 4.10. The fourth-order valence-electron chi connectivity index (χ4n) is 2.78. The smallest absolute Gasteiger partial charge is 0.335 e. The van der Waals surface area contributed by atoms with Crippen LogP contribution in [0, 0.1) is 5.41 Å². The lowest BCUT2D eigenvalue weighted by molar-refractivity contribution is -0.129. The largest absolute Gasteiger partial charge is 0.478 e. The molecular formula is C18H26N2O3. The van der Waals surface area contributed by atoms with E-state index >= 15 is 0 Å². The molecule has 0 saturated carbocycles. The van der Waals surface area contributed by atoms with Crippen LogP contribution in [0.3, 0.4) is 0 Å². The van der Waals surface area contributed by atoms with Gasteiger partial charge in [0.25, 0.3) is 0 Å². The van der Waals surface area contributed by atoms with E-state index in [0.717, 1.165) is 31.5 Å². The van der Waals surface area contributed by atoms with Crippen molar-refractivity contribution in [3.63, 3.8) is 0 Å². The first-order chi connectivity index (χ1) is 10.8. The molecule has 1 aromatic carbocycles. The van der Waals surface area contributed by atoms with E-state index in [9.17, 15) is 9.59 Å². The van der Waals surface area contributed by atoms with Gasteiger partial charge >= 0.3 is 5.97 Å². The highest BCUT2D eigenvalue weighted by atomic mass is 16.4. The van der Waals surface area contributed by atoms with Crippen LogP contribution in [0.25, 0.3) is 0 Å². The highest BCUT2D eigenvalue weighted by molar-refractivity contribution is 5.87. The topological polar surface area (TPSA) is 69.6 Å². The van der Waals surface area contributed by atoms with E-state index in [1.54, 1.807) is 18.2 Å². The zero-order chi connectivity index (χ0) is 17.0. The lowest BCUT2D eigenvalue weighted by Gasteiger charge is -2.34. The highest BCUT2D eigenvalue weighted by Gasteiger charge is 2.27. The molecule has 1 amide bonds. The zero-order valence-corrected chi connectivity index (χ0v) is 14.1. The number of amides is 1. The Balaban J connectivity index is 1.95. The zero-order valence-electron chi connectivity index (χ0n) is 14.1. The Morgan fingerprint density at radius 1 is 1.35 bits per heavy atom. The lowest BCUT2D eigenvalue weighted by atomic mass is 9.94. The molecule has 126 valence electrons. The molecular weight excluding hydrogens is 292 g/mol. The van der Waals surface area contributed by atoms with Crippen LogP contribution < -0.4 is 5.32 Å². The standard InChI is InChI=1S/C18H26N2O3/c1-18(2,3)17(23)19-15-8-5-9-20(12-15)11-13-6-4-7-14(10-13)16(21)22/h4,6-7,10,15H,5,8-9,11-12H2,1-3H3,(H,19,23)(H,21,22). The number of carboxylic acids is 1. The van der Waals surface area contributed by atoms with Crippen LogP contribution >= 0.6 is 0 Å². The Bertz CT molecular complexity index is 578. The Hall–Kier alpha value is -1.88. The van der Waals surface area contributed by atoms with Gasteiger partial charge in [-0.15, -0.1) is 0 Å². The van der Waals surface area contributed by atoms with Crippen molar-refractivity contribution in [2.45, 2.75) is 46.2 Å². The molecule has 0 spiro atoms. The molecule has 1 saturated heterocycles. The second-order valence-electron chi connectivity index (χ2n) is 7.30. The molecule has 0 radical (unpaired) electrons. The Morgan fingerprint density at radius 3 is 2.74 bits per heavy atom. The van der Waals surface area contributed by atoms with Crippen molar-refractivity contribution >= 4 is 11.9 Å². The van der Waals surface area contributed by atoms with Gasteiger partial charge in [0.2, 0.25) is 5.91 Å². The molecule has 1 unspecified atom stereocenters. The maximum Gasteiger partial charge on any atom is 0.335 e. The van der Waals surface area contributed by atoms with Crippen molar-refractivity contribution in [2.24, 2.45) is 5.41 Å². The minimum absolute atomic E-state index is 0.0808. The quantitative estimate of drug-likeness (QED) is 0.895. The summed E-state index contributed by atoms with van der Waals surface area (Å²) in [4.78, 5) is 25.4. The van der Waals surface area contributed by atoms with E-state index in [1.807, 2.05) is 26.8 Å². The van der Waals surface area contributed by atoms with Crippen molar-refractivity contribution in [1.29, 1.82) is 0 Å². The van der Waals surface area contributed by atoms with Gasteiger partial charge in [0.1, 0.15) is 0 Å². The summed E-state index contributed by atoms with van der Waals surface area (Å²) in [6, 6.07) is 7.22. The number of carbonyl (C=O) groups excluding carboxylic acids is 1. The summed E-state index contributed by atoms with van der Waals surface area (Å²) in [6.07, 6.45) is 2.03. The average molecular weight is 318 g/mol. The van der Waals surface area contributed by atoms with E-state index in [-0.39, 0.29) is 17.4 Å². The normalized spacial score (nSPS) is 19.3. The summed E-state index contributed by atoms with van der Waals surface area (Å²) in [7, 11) is 0.